The van der Waals surface area contributed by atoms with Gasteiger partial charge >= 0.3 is 6.18 Å². The predicted octanol–water partition coefficient (Wildman–Crippen LogP) is 2.24. The number of nitrogens with two attached hydrogens (primary N) is 1. The monoisotopic (exact) mass is 230 g/mol. The van der Waals surface area contributed by atoms with Gasteiger partial charge in [0.25, 0.3) is 0 Å². The van der Waals surface area contributed by atoms with Gasteiger partial charge in [-0.3, -0.25) is 0 Å². The van der Waals surface area contributed by atoms with E-state index in [2.05, 4.69) is 0 Å². The molecular formula is C11H13F3N2. The molecule has 0 radical (unpaired) electrons. The fourth-order valence-corrected chi connectivity index (χ4v) is 2.00. The minimum absolute atomic E-state index is 0.0266. The molecule has 2 rings (SSSR count). The zero-order chi connectivity index (χ0) is 11.8. The van der Waals surface area contributed by atoms with Crippen molar-refractivity contribution < 1.29 is 13.2 Å². The van der Waals surface area contributed by atoms with E-state index in [0.29, 0.717) is 13.1 Å². The van der Waals surface area contributed by atoms with E-state index < -0.39 is 11.7 Å². The van der Waals surface area contributed by atoms with Crippen molar-refractivity contribution in [3.8, 4) is 0 Å². The molecule has 1 heterocycles. The molecular weight excluding hydrogens is 217 g/mol. The SMILES string of the molecule is NC1CCN(c2ccccc2C(F)(F)F)C1. The van der Waals surface area contributed by atoms with Crippen LogP contribution in [0.3, 0.4) is 0 Å². The summed E-state index contributed by atoms with van der Waals surface area (Å²) in [5, 5.41) is 0. The molecule has 0 spiro atoms. The molecule has 1 aliphatic heterocycles. The van der Waals surface area contributed by atoms with Gasteiger partial charge in [0.15, 0.2) is 0 Å². The fraction of sp³-hybridized carbons (Fsp3) is 0.455. The Kier molecular flexibility index (Phi) is 2.80. The van der Waals surface area contributed by atoms with Gasteiger partial charge in [-0.15, -0.1) is 0 Å². The van der Waals surface area contributed by atoms with Crippen molar-refractivity contribution >= 4 is 5.69 Å². The Morgan fingerprint density at radius 1 is 1.25 bits per heavy atom. The van der Waals surface area contributed by atoms with Crippen molar-refractivity contribution in [2.75, 3.05) is 18.0 Å². The van der Waals surface area contributed by atoms with Gasteiger partial charge in [0, 0.05) is 24.8 Å². The van der Waals surface area contributed by atoms with Crippen LogP contribution in [0.1, 0.15) is 12.0 Å². The molecule has 1 atom stereocenters. The third-order valence-electron chi connectivity index (χ3n) is 2.77. The summed E-state index contributed by atoms with van der Waals surface area (Å²) in [7, 11) is 0. The zero-order valence-corrected chi connectivity index (χ0v) is 8.67. The van der Waals surface area contributed by atoms with Gasteiger partial charge in [-0.2, -0.15) is 13.2 Å². The Morgan fingerprint density at radius 3 is 2.50 bits per heavy atom. The summed E-state index contributed by atoms with van der Waals surface area (Å²) in [6, 6.07) is 5.61. The summed E-state index contributed by atoms with van der Waals surface area (Å²) < 4.78 is 38.2. The molecule has 0 aliphatic carbocycles. The number of hydrogen-bond acceptors (Lipinski definition) is 2. The molecule has 88 valence electrons. The minimum atomic E-state index is -4.30. The van der Waals surface area contributed by atoms with Crippen LogP contribution in [-0.2, 0) is 6.18 Å². The van der Waals surface area contributed by atoms with Crippen LogP contribution in [-0.4, -0.2) is 19.1 Å². The van der Waals surface area contributed by atoms with E-state index in [0.717, 1.165) is 12.5 Å². The van der Waals surface area contributed by atoms with Crippen molar-refractivity contribution in [2.45, 2.75) is 18.6 Å². The lowest BCUT2D eigenvalue weighted by molar-refractivity contribution is -0.137. The number of benzene rings is 1. The maximum atomic E-state index is 12.7. The minimum Gasteiger partial charge on any atom is -0.369 e. The topological polar surface area (TPSA) is 29.3 Å². The number of alkyl halides is 3. The van der Waals surface area contributed by atoms with E-state index in [1.54, 1.807) is 11.0 Å². The van der Waals surface area contributed by atoms with Crippen LogP contribution in [0, 0.1) is 0 Å². The van der Waals surface area contributed by atoms with Gasteiger partial charge in [0.2, 0.25) is 0 Å². The summed E-state index contributed by atoms with van der Waals surface area (Å²) in [5.41, 5.74) is 5.36. The van der Waals surface area contributed by atoms with Crippen LogP contribution >= 0.6 is 0 Å². The van der Waals surface area contributed by atoms with Gasteiger partial charge in [0.05, 0.1) is 5.56 Å². The molecule has 5 heteroatoms. The summed E-state index contributed by atoms with van der Waals surface area (Å²) >= 11 is 0. The largest absolute Gasteiger partial charge is 0.418 e. The Hall–Kier alpha value is -1.23. The molecule has 1 saturated heterocycles. The lowest BCUT2D eigenvalue weighted by Gasteiger charge is -2.22. The summed E-state index contributed by atoms with van der Waals surface area (Å²) in [6.07, 6.45) is -3.56. The van der Waals surface area contributed by atoms with Crippen molar-refractivity contribution in [3.05, 3.63) is 29.8 Å². The zero-order valence-electron chi connectivity index (χ0n) is 8.67. The Bertz CT molecular complexity index is 376. The average molecular weight is 230 g/mol. The second-order valence-electron chi connectivity index (χ2n) is 4.01. The van der Waals surface area contributed by atoms with Crippen LogP contribution in [0.2, 0.25) is 0 Å². The number of halogens is 3. The smallest absolute Gasteiger partial charge is 0.369 e. The molecule has 2 nitrogen and oxygen atoms in total. The highest BCUT2D eigenvalue weighted by molar-refractivity contribution is 5.55. The summed E-state index contributed by atoms with van der Waals surface area (Å²) in [5.74, 6) is 0. The van der Waals surface area contributed by atoms with E-state index in [1.165, 1.54) is 12.1 Å². The number of anilines is 1. The van der Waals surface area contributed by atoms with Gasteiger partial charge < -0.3 is 10.6 Å². The molecule has 1 unspecified atom stereocenters. The lowest BCUT2D eigenvalue weighted by Crippen LogP contribution is -2.27. The van der Waals surface area contributed by atoms with Crippen molar-refractivity contribution in [1.82, 2.24) is 0 Å². The molecule has 1 aromatic carbocycles. The average Bonchev–Trinajstić information content (AvgIpc) is 2.64. The van der Waals surface area contributed by atoms with E-state index in [4.69, 9.17) is 5.73 Å². The lowest BCUT2D eigenvalue weighted by atomic mass is 10.1. The first kappa shape index (κ1) is 11.3. The van der Waals surface area contributed by atoms with Gasteiger partial charge in [0.1, 0.15) is 0 Å². The number of nitrogens with zero attached hydrogens (tertiary/aromatic N) is 1. The molecule has 0 saturated carbocycles. The molecule has 1 aromatic rings. The van der Waals surface area contributed by atoms with E-state index >= 15 is 0 Å². The Morgan fingerprint density at radius 2 is 1.94 bits per heavy atom. The first-order valence-corrected chi connectivity index (χ1v) is 5.15. The highest BCUT2D eigenvalue weighted by Crippen LogP contribution is 2.37. The second kappa shape index (κ2) is 3.97. The van der Waals surface area contributed by atoms with Gasteiger partial charge in [-0.25, -0.2) is 0 Å². The molecule has 0 bridgehead atoms. The van der Waals surface area contributed by atoms with Gasteiger partial charge in [-0.05, 0) is 18.6 Å². The first-order chi connectivity index (χ1) is 7.48. The molecule has 0 aromatic heterocycles. The highest BCUT2D eigenvalue weighted by Gasteiger charge is 2.35. The highest BCUT2D eigenvalue weighted by atomic mass is 19.4. The summed E-state index contributed by atoms with van der Waals surface area (Å²) in [6.45, 7) is 1.08. The van der Waals surface area contributed by atoms with E-state index in [1.807, 2.05) is 0 Å². The number of rotatable bonds is 1. The normalized spacial score (nSPS) is 21.5. The van der Waals surface area contributed by atoms with Gasteiger partial charge in [-0.1, -0.05) is 12.1 Å². The standard InChI is InChI=1S/C11H13F3N2/c12-11(13,14)9-3-1-2-4-10(9)16-6-5-8(15)7-16/h1-4,8H,5-7,15H2. The third-order valence-corrected chi connectivity index (χ3v) is 2.77. The van der Waals surface area contributed by atoms with Crippen LogP contribution in [0.4, 0.5) is 18.9 Å². The Balaban J connectivity index is 2.34. The third kappa shape index (κ3) is 2.14. The maximum Gasteiger partial charge on any atom is 0.418 e. The second-order valence-corrected chi connectivity index (χ2v) is 4.01. The van der Waals surface area contributed by atoms with E-state index in [-0.39, 0.29) is 11.7 Å². The predicted molar refractivity (Wildman–Crippen MR) is 56.2 cm³/mol. The molecule has 1 fully saturated rings. The van der Waals surface area contributed by atoms with Crippen LogP contribution in [0.5, 0.6) is 0 Å². The quantitative estimate of drug-likeness (QED) is 0.801. The van der Waals surface area contributed by atoms with E-state index in [9.17, 15) is 13.2 Å². The number of para-hydroxylation sites is 1. The van der Waals surface area contributed by atoms with Crippen molar-refractivity contribution in [3.63, 3.8) is 0 Å². The summed E-state index contributed by atoms with van der Waals surface area (Å²) in [4.78, 5) is 1.70. The van der Waals surface area contributed by atoms with Crippen molar-refractivity contribution in [1.29, 1.82) is 0 Å². The first-order valence-electron chi connectivity index (χ1n) is 5.15. The maximum absolute atomic E-state index is 12.7. The van der Waals surface area contributed by atoms with Crippen LogP contribution < -0.4 is 10.6 Å². The Labute approximate surface area is 91.8 Å². The fourth-order valence-electron chi connectivity index (χ4n) is 2.00. The molecule has 0 amide bonds. The molecule has 2 N–H and O–H groups in total. The van der Waals surface area contributed by atoms with Crippen molar-refractivity contribution in [2.24, 2.45) is 5.73 Å². The van der Waals surface area contributed by atoms with Crippen LogP contribution in [0.15, 0.2) is 24.3 Å². The molecule has 1 aliphatic rings. The number of hydrogen-bond donors (Lipinski definition) is 1. The van der Waals surface area contributed by atoms with Crippen LogP contribution in [0.25, 0.3) is 0 Å². The molecule has 16 heavy (non-hydrogen) atoms.